The molecule has 0 bridgehead atoms. The maximum Gasteiger partial charge on any atom is 0.0689 e. The molecule has 140 valence electrons. The Balaban J connectivity index is 0.000000233. The maximum atomic E-state index is 4.30. The summed E-state index contributed by atoms with van der Waals surface area (Å²) in [6.45, 7) is 0. The van der Waals surface area contributed by atoms with Crippen molar-refractivity contribution >= 4 is 5.69 Å². The average Bonchev–Trinajstić information content (AvgIpc) is 2.77. The van der Waals surface area contributed by atoms with Gasteiger partial charge in [-0.1, -0.05) is 42.5 Å². The second-order valence-electron chi connectivity index (χ2n) is 5.00. The van der Waals surface area contributed by atoms with Crippen LogP contribution in [0.1, 0.15) is 0 Å². The second kappa shape index (κ2) is 14.3. The number of nitrogens with zero attached hydrogens (tertiary/aromatic N) is 4. The van der Waals surface area contributed by atoms with Gasteiger partial charge in [0.05, 0.1) is 5.69 Å². The molecule has 3 heterocycles. The number of benzene rings is 1. The summed E-state index contributed by atoms with van der Waals surface area (Å²) >= 11 is 0. The third-order valence-corrected chi connectivity index (χ3v) is 3.22. The van der Waals surface area contributed by atoms with Crippen molar-refractivity contribution in [3.8, 4) is 11.3 Å². The smallest absolute Gasteiger partial charge is 0.0689 e. The predicted molar refractivity (Wildman–Crippen MR) is 107 cm³/mol. The number of aromatic nitrogens is 3. The molecule has 0 amide bonds. The van der Waals surface area contributed by atoms with Crippen LogP contribution in [-0.4, -0.2) is 22.0 Å². The van der Waals surface area contributed by atoms with E-state index in [1.54, 1.807) is 38.0 Å². The molecule has 0 fully saturated rings. The van der Waals surface area contributed by atoms with Crippen LogP contribution in [-0.2, 0) is 20.4 Å². The normalized spacial score (nSPS) is 8.63. The maximum absolute atomic E-state index is 4.30. The molecular formula is C22H21N4Pd-. The minimum absolute atomic E-state index is 0. The number of para-hydroxylation sites is 1. The minimum Gasteiger partial charge on any atom is -0.686 e. The van der Waals surface area contributed by atoms with E-state index in [0.29, 0.717) is 0 Å². The molecule has 4 nitrogen and oxygen atoms in total. The van der Waals surface area contributed by atoms with Crippen LogP contribution in [0.5, 0.6) is 0 Å². The second-order valence-corrected chi connectivity index (χ2v) is 5.00. The van der Waals surface area contributed by atoms with Gasteiger partial charge in [0, 0.05) is 51.4 Å². The van der Waals surface area contributed by atoms with Crippen molar-refractivity contribution in [1.29, 1.82) is 0 Å². The average molecular weight is 448 g/mol. The van der Waals surface area contributed by atoms with Crippen molar-refractivity contribution in [1.82, 2.24) is 15.0 Å². The summed E-state index contributed by atoms with van der Waals surface area (Å²) in [4.78, 5) is 11.9. The van der Waals surface area contributed by atoms with Crippen LogP contribution in [0.15, 0.2) is 110 Å². The van der Waals surface area contributed by atoms with Gasteiger partial charge in [-0.3, -0.25) is 15.0 Å². The van der Waals surface area contributed by atoms with E-state index in [1.807, 2.05) is 78.9 Å². The third kappa shape index (κ3) is 8.87. The van der Waals surface area contributed by atoms with Gasteiger partial charge in [-0.15, -0.1) is 12.7 Å². The molecule has 5 heteroatoms. The zero-order valence-corrected chi connectivity index (χ0v) is 16.6. The van der Waals surface area contributed by atoms with Gasteiger partial charge in [-0.25, -0.2) is 0 Å². The fourth-order valence-corrected chi connectivity index (χ4v) is 2.03. The summed E-state index contributed by atoms with van der Waals surface area (Å²) in [5.74, 6) is 0. The zero-order valence-electron chi connectivity index (χ0n) is 15.0. The summed E-state index contributed by atoms with van der Waals surface area (Å²) in [6, 6.07) is 25.3. The Kier molecular flexibility index (Phi) is 11.8. The van der Waals surface area contributed by atoms with Crippen molar-refractivity contribution < 1.29 is 20.4 Å². The number of hydrogen-bond acceptors (Lipinski definition) is 3. The fraction of sp³-hybridized carbons (Fsp3) is 0.0455. The van der Waals surface area contributed by atoms with E-state index in [2.05, 4.69) is 20.3 Å². The van der Waals surface area contributed by atoms with Gasteiger partial charge < -0.3 is 5.32 Å². The van der Waals surface area contributed by atoms with Gasteiger partial charge in [0.25, 0.3) is 0 Å². The Morgan fingerprint density at radius 3 is 1.52 bits per heavy atom. The quantitative estimate of drug-likeness (QED) is 0.379. The molecule has 0 radical (unpaired) electrons. The van der Waals surface area contributed by atoms with Crippen molar-refractivity contribution in [3.05, 3.63) is 115 Å². The van der Waals surface area contributed by atoms with E-state index in [0.717, 1.165) is 16.9 Å². The summed E-state index contributed by atoms with van der Waals surface area (Å²) in [7, 11) is 1.79. The third-order valence-electron chi connectivity index (χ3n) is 3.22. The van der Waals surface area contributed by atoms with E-state index in [4.69, 9.17) is 0 Å². The first-order chi connectivity index (χ1) is 12.9. The van der Waals surface area contributed by atoms with Gasteiger partial charge in [-0.2, -0.15) is 0 Å². The SMILES string of the molecule is C[N-]c1ccccc1-c1ccccn1.[Pd].c1ccncc1.c1ccncc1. The minimum atomic E-state index is 0. The molecule has 1 aromatic carbocycles. The number of hydrogen-bond donors (Lipinski definition) is 0. The van der Waals surface area contributed by atoms with E-state index in [-0.39, 0.29) is 20.4 Å². The van der Waals surface area contributed by atoms with E-state index >= 15 is 0 Å². The largest absolute Gasteiger partial charge is 0.686 e. The molecule has 4 rings (SSSR count). The summed E-state index contributed by atoms with van der Waals surface area (Å²) < 4.78 is 0. The Morgan fingerprint density at radius 1 is 0.593 bits per heavy atom. The van der Waals surface area contributed by atoms with Crippen molar-refractivity contribution in [2.24, 2.45) is 0 Å². The van der Waals surface area contributed by atoms with E-state index in [9.17, 15) is 0 Å². The first-order valence-electron chi connectivity index (χ1n) is 8.22. The Morgan fingerprint density at radius 2 is 1.11 bits per heavy atom. The first-order valence-corrected chi connectivity index (χ1v) is 8.22. The van der Waals surface area contributed by atoms with Crippen LogP contribution in [0.2, 0.25) is 0 Å². The standard InChI is InChI=1S/C12H11N2.2C5H5N.Pd/c1-13-11-7-3-2-6-10(11)12-8-4-5-9-14-12;2*1-2-4-6-5-3-1;/h2-9H,1H3;2*1-5H;/q-1;;;. The van der Waals surface area contributed by atoms with E-state index in [1.165, 1.54) is 0 Å². The van der Waals surface area contributed by atoms with Crippen LogP contribution >= 0.6 is 0 Å². The molecule has 27 heavy (non-hydrogen) atoms. The van der Waals surface area contributed by atoms with Crippen molar-refractivity contribution in [2.75, 3.05) is 7.05 Å². The topological polar surface area (TPSA) is 52.8 Å². The van der Waals surface area contributed by atoms with Gasteiger partial charge in [0.15, 0.2) is 0 Å². The summed E-state index contributed by atoms with van der Waals surface area (Å²) in [6.07, 6.45) is 8.79. The molecular weight excluding hydrogens is 427 g/mol. The van der Waals surface area contributed by atoms with E-state index < -0.39 is 0 Å². The Hall–Kier alpha value is -2.87. The van der Waals surface area contributed by atoms with Crippen LogP contribution < -0.4 is 0 Å². The molecule has 0 saturated carbocycles. The summed E-state index contributed by atoms with van der Waals surface area (Å²) in [5, 5.41) is 4.21. The zero-order chi connectivity index (χ0) is 18.3. The molecule has 0 saturated heterocycles. The molecule has 0 aliphatic heterocycles. The number of pyridine rings is 3. The van der Waals surface area contributed by atoms with Crippen LogP contribution in [0.25, 0.3) is 16.6 Å². The molecule has 0 spiro atoms. The van der Waals surface area contributed by atoms with Gasteiger partial charge in [-0.05, 0) is 42.0 Å². The summed E-state index contributed by atoms with van der Waals surface area (Å²) in [5.41, 5.74) is 3.02. The van der Waals surface area contributed by atoms with Gasteiger partial charge in [0.2, 0.25) is 0 Å². The molecule has 4 aromatic rings. The number of rotatable bonds is 2. The van der Waals surface area contributed by atoms with Crippen LogP contribution in [0.4, 0.5) is 5.69 Å². The Bertz CT molecular complexity index is 743. The molecule has 0 atom stereocenters. The first kappa shape index (κ1) is 22.2. The fourth-order valence-electron chi connectivity index (χ4n) is 2.03. The molecule has 0 unspecified atom stereocenters. The molecule has 0 N–H and O–H groups in total. The van der Waals surface area contributed by atoms with Crippen LogP contribution in [0, 0.1) is 0 Å². The van der Waals surface area contributed by atoms with Crippen molar-refractivity contribution in [2.45, 2.75) is 0 Å². The van der Waals surface area contributed by atoms with Gasteiger partial charge in [0.1, 0.15) is 0 Å². The molecule has 3 aromatic heterocycles. The monoisotopic (exact) mass is 447 g/mol. The van der Waals surface area contributed by atoms with Crippen molar-refractivity contribution in [3.63, 3.8) is 0 Å². The Labute approximate surface area is 174 Å². The molecule has 0 aliphatic carbocycles. The van der Waals surface area contributed by atoms with Crippen LogP contribution in [0.3, 0.4) is 0 Å². The predicted octanol–water partition coefficient (Wildman–Crippen LogP) is 5.54. The van der Waals surface area contributed by atoms with Gasteiger partial charge >= 0.3 is 0 Å². The molecule has 0 aliphatic rings.